The van der Waals surface area contributed by atoms with Gasteiger partial charge < -0.3 is 10.2 Å². The Balaban J connectivity index is 1.44. The number of benzene rings is 3. The number of hydrogen-bond acceptors (Lipinski definition) is 5. The molecule has 0 aliphatic carbocycles. The van der Waals surface area contributed by atoms with Gasteiger partial charge in [0.2, 0.25) is 0 Å². The Kier molecular flexibility index (Phi) is 6.94. The van der Waals surface area contributed by atoms with E-state index in [4.69, 9.17) is 0 Å². The van der Waals surface area contributed by atoms with Gasteiger partial charge in [0.05, 0.1) is 21.8 Å². The van der Waals surface area contributed by atoms with Gasteiger partial charge in [0, 0.05) is 24.5 Å². The smallest absolute Gasteiger partial charge is 0.271 e. The quantitative estimate of drug-likeness (QED) is 0.382. The van der Waals surface area contributed by atoms with E-state index in [0.717, 1.165) is 18.7 Å². The first-order valence-corrected chi connectivity index (χ1v) is 14.2. The summed E-state index contributed by atoms with van der Waals surface area (Å²) in [6, 6.07) is 20.6. The van der Waals surface area contributed by atoms with E-state index in [-0.39, 0.29) is 17.3 Å². The minimum atomic E-state index is -0.748. The highest BCUT2D eigenvalue weighted by atomic mass is 32.1. The van der Waals surface area contributed by atoms with Crippen LogP contribution in [0.2, 0.25) is 0 Å². The van der Waals surface area contributed by atoms with Crippen LogP contribution < -0.4 is 25.1 Å². The lowest BCUT2D eigenvalue weighted by Crippen LogP contribution is -2.40. The van der Waals surface area contributed by atoms with Crippen molar-refractivity contribution in [3.8, 4) is 0 Å². The maximum Gasteiger partial charge on any atom is 0.271 e. The van der Waals surface area contributed by atoms with Crippen LogP contribution in [0.25, 0.3) is 6.08 Å². The second-order valence-electron chi connectivity index (χ2n) is 10.2. The standard InChI is InChI=1S/C32H29FN4O2S/c1-20-18-22(10-15-26(20)36-16-6-7-17-36)19-27-31(39)37-29(23-11-13-24(33)14-12-23)28(21(2)34-32(37)40-27)30(38)35-25-8-4-3-5-9-25/h3-5,8-15,18-19,29H,6-7,16-17H2,1-2H3,(H,35,38)/b27-19+/t29-/m1/s1. The molecular formula is C32H29FN4O2S. The van der Waals surface area contributed by atoms with Gasteiger partial charge in [0.15, 0.2) is 4.80 Å². The molecule has 8 heteroatoms. The number of carbonyl (C=O) groups is 1. The van der Waals surface area contributed by atoms with Crippen molar-refractivity contribution >= 4 is 34.7 Å². The summed E-state index contributed by atoms with van der Waals surface area (Å²) in [5, 5.41) is 2.93. The molecule has 2 aliphatic heterocycles. The van der Waals surface area contributed by atoms with E-state index in [0.29, 0.717) is 31.9 Å². The lowest BCUT2D eigenvalue weighted by Gasteiger charge is -2.25. The third-order valence-electron chi connectivity index (χ3n) is 7.45. The predicted molar refractivity (Wildman–Crippen MR) is 158 cm³/mol. The number of fused-ring (bicyclic) bond motifs is 1. The fraction of sp³-hybridized carbons (Fsp3) is 0.219. The highest BCUT2D eigenvalue weighted by Gasteiger charge is 2.32. The number of aryl methyl sites for hydroxylation is 1. The molecule has 1 atom stereocenters. The minimum Gasteiger partial charge on any atom is -0.371 e. The topological polar surface area (TPSA) is 66.7 Å². The summed E-state index contributed by atoms with van der Waals surface area (Å²) in [6.45, 7) is 6.01. The Morgan fingerprint density at radius 3 is 2.45 bits per heavy atom. The molecule has 0 radical (unpaired) electrons. The van der Waals surface area contributed by atoms with E-state index >= 15 is 0 Å². The fourth-order valence-corrected chi connectivity index (χ4v) is 6.57. The van der Waals surface area contributed by atoms with Crippen molar-refractivity contribution in [2.75, 3.05) is 23.3 Å². The largest absolute Gasteiger partial charge is 0.371 e. The van der Waals surface area contributed by atoms with Crippen LogP contribution >= 0.6 is 11.3 Å². The summed E-state index contributed by atoms with van der Waals surface area (Å²) in [6.07, 6.45) is 4.31. The van der Waals surface area contributed by atoms with Gasteiger partial charge in [0.1, 0.15) is 5.82 Å². The number of rotatable bonds is 5. The van der Waals surface area contributed by atoms with Crippen molar-refractivity contribution in [1.29, 1.82) is 0 Å². The Hall–Kier alpha value is -4.30. The summed E-state index contributed by atoms with van der Waals surface area (Å²) in [5.74, 6) is -0.746. The van der Waals surface area contributed by atoms with Crippen LogP contribution in [0.4, 0.5) is 15.8 Å². The molecule has 0 bridgehead atoms. The number of allylic oxidation sites excluding steroid dienone is 1. The molecule has 202 valence electrons. The van der Waals surface area contributed by atoms with Crippen molar-refractivity contribution in [2.45, 2.75) is 32.7 Å². The van der Waals surface area contributed by atoms with Gasteiger partial charge >= 0.3 is 0 Å². The number of nitrogens with zero attached hydrogens (tertiary/aromatic N) is 3. The molecule has 1 aromatic heterocycles. The predicted octanol–water partition coefficient (Wildman–Crippen LogP) is 4.92. The lowest BCUT2D eigenvalue weighted by atomic mass is 9.95. The molecule has 1 fully saturated rings. The average Bonchev–Trinajstić information content (AvgIpc) is 3.57. The summed E-state index contributed by atoms with van der Waals surface area (Å²) < 4.78 is 16.0. The van der Waals surface area contributed by atoms with Gasteiger partial charge in [-0.25, -0.2) is 9.38 Å². The monoisotopic (exact) mass is 552 g/mol. The second-order valence-corrected chi connectivity index (χ2v) is 11.2. The normalized spacial score (nSPS) is 17.1. The first-order chi connectivity index (χ1) is 19.4. The third kappa shape index (κ3) is 4.91. The first-order valence-electron chi connectivity index (χ1n) is 13.4. The molecule has 0 spiro atoms. The van der Waals surface area contributed by atoms with Crippen LogP contribution in [0, 0.1) is 12.7 Å². The molecule has 2 aliphatic rings. The highest BCUT2D eigenvalue weighted by molar-refractivity contribution is 7.07. The van der Waals surface area contributed by atoms with E-state index in [2.05, 4.69) is 34.3 Å². The minimum absolute atomic E-state index is 0.239. The zero-order chi connectivity index (χ0) is 27.8. The van der Waals surface area contributed by atoms with Crippen molar-refractivity contribution < 1.29 is 9.18 Å². The van der Waals surface area contributed by atoms with E-state index in [1.165, 1.54) is 47.6 Å². The first kappa shape index (κ1) is 26.0. The number of para-hydroxylation sites is 1. The van der Waals surface area contributed by atoms with E-state index in [9.17, 15) is 14.0 Å². The van der Waals surface area contributed by atoms with Gasteiger partial charge in [-0.1, -0.05) is 47.7 Å². The van der Waals surface area contributed by atoms with Gasteiger partial charge in [-0.05, 0) is 85.9 Å². The number of anilines is 2. The molecule has 6 nitrogen and oxygen atoms in total. The summed E-state index contributed by atoms with van der Waals surface area (Å²) in [7, 11) is 0. The molecule has 40 heavy (non-hydrogen) atoms. The number of hydrogen-bond donors (Lipinski definition) is 1. The Morgan fingerprint density at radius 1 is 1.02 bits per heavy atom. The fourth-order valence-electron chi connectivity index (χ4n) is 5.52. The zero-order valence-electron chi connectivity index (χ0n) is 22.4. The number of amides is 1. The summed E-state index contributed by atoms with van der Waals surface area (Å²) >= 11 is 1.29. The molecule has 6 rings (SSSR count). The number of aromatic nitrogens is 1. The molecule has 1 amide bonds. The maximum absolute atomic E-state index is 13.9. The van der Waals surface area contributed by atoms with Crippen molar-refractivity contribution in [3.63, 3.8) is 0 Å². The molecule has 0 saturated carbocycles. The summed E-state index contributed by atoms with van der Waals surface area (Å²) in [5.41, 5.74) is 5.23. The SMILES string of the molecule is CC1=C(C(=O)Nc2ccccc2)[C@@H](c2ccc(F)cc2)n2c(s/c(=C/c3ccc(N4CCCC4)c(C)c3)c2=O)=N1. The molecular weight excluding hydrogens is 523 g/mol. The van der Waals surface area contributed by atoms with Gasteiger partial charge in [-0.3, -0.25) is 14.2 Å². The maximum atomic E-state index is 13.9. The van der Waals surface area contributed by atoms with Gasteiger partial charge in [0.25, 0.3) is 11.5 Å². The molecule has 1 N–H and O–H groups in total. The molecule has 4 aromatic rings. The van der Waals surface area contributed by atoms with Crippen LogP contribution in [0.15, 0.2) is 93.9 Å². The molecule has 3 heterocycles. The van der Waals surface area contributed by atoms with Crippen LogP contribution in [0.5, 0.6) is 0 Å². The van der Waals surface area contributed by atoms with Crippen LogP contribution in [-0.2, 0) is 4.79 Å². The number of carbonyl (C=O) groups excluding carboxylic acids is 1. The van der Waals surface area contributed by atoms with E-state index in [1.807, 2.05) is 30.3 Å². The van der Waals surface area contributed by atoms with E-state index < -0.39 is 6.04 Å². The van der Waals surface area contributed by atoms with Gasteiger partial charge in [-0.15, -0.1) is 0 Å². The molecule has 0 unspecified atom stereocenters. The average molecular weight is 553 g/mol. The molecule has 3 aromatic carbocycles. The van der Waals surface area contributed by atoms with Crippen LogP contribution in [-0.4, -0.2) is 23.6 Å². The Labute approximate surface area is 235 Å². The Morgan fingerprint density at radius 2 is 1.75 bits per heavy atom. The number of halogens is 1. The van der Waals surface area contributed by atoms with Crippen LogP contribution in [0.1, 0.15) is 42.5 Å². The second kappa shape index (κ2) is 10.7. The van der Waals surface area contributed by atoms with Crippen LogP contribution in [0.3, 0.4) is 0 Å². The Bertz CT molecular complexity index is 1800. The van der Waals surface area contributed by atoms with Crippen molar-refractivity contribution in [2.24, 2.45) is 4.99 Å². The zero-order valence-corrected chi connectivity index (χ0v) is 23.2. The third-order valence-corrected chi connectivity index (χ3v) is 8.43. The highest BCUT2D eigenvalue weighted by Crippen LogP contribution is 2.31. The van der Waals surface area contributed by atoms with E-state index in [1.54, 1.807) is 35.8 Å². The van der Waals surface area contributed by atoms with Gasteiger partial charge in [-0.2, -0.15) is 0 Å². The molecule has 1 saturated heterocycles. The number of nitrogens with one attached hydrogen (secondary N) is 1. The lowest BCUT2D eigenvalue weighted by molar-refractivity contribution is -0.113. The van der Waals surface area contributed by atoms with Crippen molar-refractivity contribution in [3.05, 3.63) is 126 Å². The number of thiazole rings is 1. The van der Waals surface area contributed by atoms with Crippen molar-refractivity contribution in [1.82, 2.24) is 4.57 Å². The summed E-state index contributed by atoms with van der Waals surface area (Å²) in [4.78, 5) is 35.1.